The van der Waals surface area contributed by atoms with Crippen molar-refractivity contribution in [3.05, 3.63) is 24.7 Å². The molecular formula is C6H3N2S. The van der Waals surface area contributed by atoms with Crippen molar-refractivity contribution in [1.29, 1.82) is 0 Å². The number of nitrogens with zero attached hydrogens (tertiary/aromatic N) is 2. The quantitative estimate of drug-likeness (QED) is 0.547. The Labute approximate surface area is 56.3 Å². The molecule has 43 valence electrons. The molecule has 0 saturated heterocycles. The molecule has 0 unspecified atom stereocenters. The van der Waals surface area contributed by atoms with Crippen LogP contribution in [0, 0.1) is 6.20 Å². The van der Waals surface area contributed by atoms with E-state index < -0.39 is 0 Å². The highest BCUT2D eigenvalue weighted by atomic mass is 32.1. The van der Waals surface area contributed by atoms with Crippen molar-refractivity contribution in [3.8, 4) is 0 Å². The van der Waals surface area contributed by atoms with Gasteiger partial charge >= 0.3 is 0 Å². The third-order valence-corrected chi connectivity index (χ3v) is 1.81. The van der Waals surface area contributed by atoms with E-state index in [0.29, 0.717) is 0 Å². The molecule has 0 saturated carbocycles. The minimum Gasteiger partial charge on any atom is -0.253 e. The number of hydrogen-bond acceptors (Lipinski definition) is 3. The van der Waals surface area contributed by atoms with Crippen molar-refractivity contribution < 1.29 is 0 Å². The molecule has 0 spiro atoms. The van der Waals surface area contributed by atoms with Crippen molar-refractivity contribution in [2.75, 3.05) is 0 Å². The first-order chi connectivity index (χ1) is 4.47. The summed E-state index contributed by atoms with van der Waals surface area (Å²) < 4.78 is 5.00. The minimum absolute atomic E-state index is 1.03. The van der Waals surface area contributed by atoms with E-state index in [9.17, 15) is 0 Å². The Morgan fingerprint density at radius 2 is 2.56 bits per heavy atom. The summed E-state index contributed by atoms with van der Waals surface area (Å²) in [6.45, 7) is 0. The molecule has 0 amide bonds. The highest BCUT2D eigenvalue weighted by molar-refractivity contribution is 7.13. The summed E-state index contributed by atoms with van der Waals surface area (Å²) in [6, 6.07) is 1.93. The molecule has 0 aliphatic rings. The van der Waals surface area contributed by atoms with Gasteiger partial charge in [0.1, 0.15) is 6.20 Å². The van der Waals surface area contributed by atoms with Gasteiger partial charge in [-0.05, 0) is 17.6 Å². The molecule has 0 bridgehead atoms. The van der Waals surface area contributed by atoms with Crippen molar-refractivity contribution in [2.45, 2.75) is 0 Å². The van der Waals surface area contributed by atoms with Crippen LogP contribution in [0.15, 0.2) is 18.5 Å². The minimum atomic E-state index is 1.03. The van der Waals surface area contributed by atoms with Gasteiger partial charge in [-0.2, -0.15) is 4.37 Å². The zero-order chi connectivity index (χ0) is 6.10. The summed E-state index contributed by atoms with van der Waals surface area (Å²) in [5, 5.41) is 1.12. The van der Waals surface area contributed by atoms with Crippen LogP contribution in [0.5, 0.6) is 0 Å². The molecule has 0 aliphatic carbocycles. The lowest BCUT2D eigenvalue weighted by molar-refractivity contribution is 1.36. The van der Waals surface area contributed by atoms with Crippen LogP contribution in [0.3, 0.4) is 0 Å². The molecule has 2 aromatic heterocycles. The third-order valence-electron chi connectivity index (χ3n) is 1.09. The molecule has 9 heavy (non-hydrogen) atoms. The summed E-state index contributed by atoms with van der Waals surface area (Å²) in [5.74, 6) is 0. The number of pyridine rings is 1. The highest BCUT2D eigenvalue weighted by Gasteiger charge is 1.91. The average molecular weight is 135 g/mol. The van der Waals surface area contributed by atoms with Gasteiger partial charge in [-0.25, -0.2) is 0 Å². The number of fused-ring (bicyclic) bond motifs is 1. The second-order valence-corrected chi connectivity index (χ2v) is 2.47. The van der Waals surface area contributed by atoms with Gasteiger partial charge in [-0.1, -0.05) is 0 Å². The second kappa shape index (κ2) is 1.77. The van der Waals surface area contributed by atoms with E-state index in [1.54, 1.807) is 6.20 Å². The molecule has 0 atom stereocenters. The average Bonchev–Trinajstić information content (AvgIpc) is 2.33. The van der Waals surface area contributed by atoms with Crippen LogP contribution in [-0.4, -0.2) is 9.36 Å². The van der Waals surface area contributed by atoms with Crippen LogP contribution < -0.4 is 0 Å². The van der Waals surface area contributed by atoms with E-state index in [1.165, 1.54) is 11.5 Å². The van der Waals surface area contributed by atoms with Crippen LogP contribution in [0.2, 0.25) is 0 Å². The van der Waals surface area contributed by atoms with Gasteiger partial charge in [-0.15, -0.1) is 0 Å². The van der Waals surface area contributed by atoms with Crippen LogP contribution in [0.4, 0.5) is 0 Å². The molecule has 1 radical (unpaired) electrons. The van der Waals surface area contributed by atoms with E-state index in [4.69, 9.17) is 0 Å². The fraction of sp³-hybridized carbons (Fsp3) is 0. The molecular weight excluding hydrogens is 132 g/mol. The molecule has 0 fully saturated rings. The van der Waals surface area contributed by atoms with Crippen molar-refractivity contribution in [1.82, 2.24) is 9.36 Å². The maximum absolute atomic E-state index is 3.97. The normalized spacial score (nSPS) is 10.2. The lowest BCUT2D eigenvalue weighted by Gasteiger charge is -1.78. The Morgan fingerprint density at radius 1 is 1.56 bits per heavy atom. The van der Waals surface area contributed by atoms with Gasteiger partial charge in [0.05, 0.1) is 4.70 Å². The van der Waals surface area contributed by atoms with Crippen LogP contribution >= 0.6 is 11.5 Å². The summed E-state index contributed by atoms with van der Waals surface area (Å²) >= 11 is 1.42. The number of aromatic nitrogens is 2. The first kappa shape index (κ1) is 4.88. The Morgan fingerprint density at radius 3 is 3.44 bits per heavy atom. The second-order valence-electron chi connectivity index (χ2n) is 1.67. The molecule has 3 heteroatoms. The van der Waals surface area contributed by atoms with E-state index in [1.807, 2.05) is 12.3 Å². The fourth-order valence-corrected chi connectivity index (χ4v) is 1.26. The van der Waals surface area contributed by atoms with Crippen molar-refractivity contribution in [3.63, 3.8) is 0 Å². The Hall–Kier alpha value is -0.960. The molecule has 0 N–H and O–H groups in total. The standard InChI is InChI=1S/C6H3N2S/c1-2-7-4-6-5(1)3-8-9-6/h1-3H. The summed E-state index contributed by atoms with van der Waals surface area (Å²) in [5.41, 5.74) is 0. The molecule has 2 heterocycles. The molecule has 0 aliphatic heterocycles. The number of hydrogen-bond donors (Lipinski definition) is 0. The van der Waals surface area contributed by atoms with Gasteiger partial charge in [0.15, 0.2) is 0 Å². The Kier molecular flexibility index (Phi) is 0.960. The SMILES string of the molecule is [c]1nccc2cnsc12. The first-order valence-corrected chi connectivity index (χ1v) is 3.31. The van der Waals surface area contributed by atoms with E-state index in [-0.39, 0.29) is 0 Å². The molecule has 2 rings (SSSR count). The maximum Gasteiger partial charge on any atom is 0.110 e. The molecule has 2 nitrogen and oxygen atoms in total. The topological polar surface area (TPSA) is 25.8 Å². The fourth-order valence-electron chi connectivity index (χ4n) is 0.664. The van der Waals surface area contributed by atoms with Crippen LogP contribution in [-0.2, 0) is 0 Å². The van der Waals surface area contributed by atoms with E-state index in [0.717, 1.165) is 10.1 Å². The monoisotopic (exact) mass is 135 g/mol. The summed E-state index contributed by atoms with van der Waals surface area (Å²) in [6.07, 6.45) is 6.37. The van der Waals surface area contributed by atoms with Crippen molar-refractivity contribution >= 4 is 21.6 Å². The first-order valence-electron chi connectivity index (χ1n) is 2.54. The zero-order valence-corrected chi connectivity index (χ0v) is 5.35. The van der Waals surface area contributed by atoms with Gasteiger partial charge in [0.25, 0.3) is 0 Å². The predicted molar refractivity (Wildman–Crippen MR) is 36.3 cm³/mol. The van der Waals surface area contributed by atoms with Crippen LogP contribution in [0.1, 0.15) is 0 Å². The van der Waals surface area contributed by atoms with Gasteiger partial charge < -0.3 is 0 Å². The lowest BCUT2D eigenvalue weighted by atomic mass is 10.4. The van der Waals surface area contributed by atoms with E-state index >= 15 is 0 Å². The van der Waals surface area contributed by atoms with Gasteiger partial charge in [0.2, 0.25) is 0 Å². The van der Waals surface area contributed by atoms with Gasteiger partial charge in [-0.3, -0.25) is 4.98 Å². The number of rotatable bonds is 0. The van der Waals surface area contributed by atoms with Crippen LogP contribution in [0.25, 0.3) is 10.1 Å². The molecule has 0 aromatic carbocycles. The predicted octanol–water partition coefficient (Wildman–Crippen LogP) is 1.49. The summed E-state index contributed by atoms with van der Waals surface area (Å²) in [4.78, 5) is 3.83. The highest BCUT2D eigenvalue weighted by Crippen LogP contribution is 2.13. The third kappa shape index (κ3) is 0.695. The largest absolute Gasteiger partial charge is 0.253 e. The Balaban J connectivity index is 2.95. The van der Waals surface area contributed by atoms with Gasteiger partial charge in [0, 0.05) is 17.8 Å². The summed E-state index contributed by atoms with van der Waals surface area (Å²) in [7, 11) is 0. The lowest BCUT2D eigenvalue weighted by Crippen LogP contribution is -1.65. The smallest absolute Gasteiger partial charge is 0.110 e. The van der Waals surface area contributed by atoms with E-state index in [2.05, 4.69) is 15.6 Å². The maximum atomic E-state index is 3.97. The Bertz CT molecular complexity index is 285. The van der Waals surface area contributed by atoms with Crippen molar-refractivity contribution in [2.24, 2.45) is 0 Å². The molecule has 2 aromatic rings. The zero-order valence-electron chi connectivity index (χ0n) is 4.53.